The summed E-state index contributed by atoms with van der Waals surface area (Å²) in [5.41, 5.74) is 0.491. The van der Waals surface area contributed by atoms with Crippen LogP contribution in [0.1, 0.15) is 51.0 Å². The largest absolute Gasteiger partial charge is 0.351 e. The smallest absolute Gasteiger partial charge is 0.230 e. The first kappa shape index (κ1) is 15.5. The summed E-state index contributed by atoms with van der Waals surface area (Å²) in [5.74, 6) is -0.125. The summed E-state index contributed by atoms with van der Waals surface area (Å²) >= 11 is 0. The Labute approximate surface area is 131 Å². The lowest BCUT2D eigenvalue weighted by Gasteiger charge is -2.35. The fraction of sp³-hybridized carbons (Fsp3) is 0.611. The van der Waals surface area contributed by atoms with Gasteiger partial charge in [0.05, 0.1) is 5.41 Å². The van der Waals surface area contributed by atoms with Gasteiger partial charge in [0.1, 0.15) is 5.82 Å². The standard InChI is InChI=1S/C18H25FN2O/c1-13-16(5-4-12-20-13)21-17(22)18(10-2-3-11-18)14-6-8-15(19)9-7-14/h6-9,13,16,20H,2-5,10-12H2,1H3,(H,21,22). The predicted octanol–water partition coefficient (Wildman–Crippen LogP) is 2.89. The van der Waals surface area contributed by atoms with Crippen molar-refractivity contribution in [1.82, 2.24) is 10.6 Å². The number of rotatable bonds is 3. The molecule has 22 heavy (non-hydrogen) atoms. The number of piperidine rings is 1. The average Bonchev–Trinajstić information content (AvgIpc) is 3.01. The van der Waals surface area contributed by atoms with Crippen LogP contribution in [0, 0.1) is 5.82 Å². The lowest BCUT2D eigenvalue weighted by Crippen LogP contribution is -2.55. The zero-order valence-corrected chi connectivity index (χ0v) is 13.2. The molecule has 1 aromatic rings. The highest BCUT2D eigenvalue weighted by Gasteiger charge is 2.43. The van der Waals surface area contributed by atoms with E-state index in [0.717, 1.165) is 50.6 Å². The molecule has 3 rings (SSSR count). The zero-order valence-electron chi connectivity index (χ0n) is 13.2. The molecule has 0 radical (unpaired) electrons. The minimum atomic E-state index is -0.467. The molecular weight excluding hydrogens is 279 g/mol. The van der Waals surface area contributed by atoms with Gasteiger partial charge in [-0.1, -0.05) is 25.0 Å². The third-order valence-electron chi connectivity index (χ3n) is 5.37. The lowest BCUT2D eigenvalue weighted by molar-refractivity contribution is -0.127. The van der Waals surface area contributed by atoms with E-state index >= 15 is 0 Å². The van der Waals surface area contributed by atoms with Crippen molar-refractivity contribution < 1.29 is 9.18 Å². The molecule has 2 N–H and O–H groups in total. The van der Waals surface area contributed by atoms with E-state index in [2.05, 4.69) is 17.6 Å². The Balaban J connectivity index is 1.81. The fourth-order valence-electron chi connectivity index (χ4n) is 3.94. The summed E-state index contributed by atoms with van der Waals surface area (Å²) in [5, 5.41) is 6.69. The molecule has 1 saturated carbocycles. The van der Waals surface area contributed by atoms with Gasteiger partial charge in [-0.15, -0.1) is 0 Å². The van der Waals surface area contributed by atoms with E-state index in [1.807, 2.05) is 0 Å². The minimum Gasteiger partial charge on any atom is -0.351 e. The second kappa shape index (κ2) is 6.37. The van der Waals surface area contributed by atoms with Crippen LogP contribution < -0.4 is 10.6 Å². The number of carbonyl (C=O) groups excluding carboxylic acids is 1. The number of hydrogen-bond acceptors (Lipinski definition) is 2. The molecule has 1 aromatic carbocycles. The average molecular weight is 304 g/mol. The number of nitrogens with one attached hydrogen (secondary N) is 2. The maximum Gasteiger partial charge on any atom is 0.230 e. The third-order valence-corrected chi connectivity index (χ3v) is 5.37. The van der Waals surface area contributed by atoms with Crippen molar-refractivity contribution in [2.75, 3.05) is 6.54 Å². The van der Waals surface area contributed by atoms with Crippen molar-refractivity contribution in [1.29, 1.82) is 0 Å². The third kappa shape index (κ3) is 2.89. The van der Waals surface area contributed by atoms with Gasteiger partial charge >= 0.3 is 0 Å². The van der Waals surface area contributed by atoms with Gasteiger partial charge in [-0.05, 0) is 56.8 Å². The molecular formula is C18H25FN2O. The van der Waals surface area contributed by atoms with E-state index in [1.54, 1.807) is 12.1 Å². The van der Waals surface area contributed by atoms with Crippen LogP contribution in [0.25, 0.3) is 0 Å². The monoisotopic (exact) mass is 304 g/mol. The van der Waals surface area contributed by atoms with Gasteiger partial charge in [-0.3, -0.25) is 4.79 Å². The van der Waals surface area contributed by atoms with Crippen LogP contribution in [0.15, 0.2) is 24.3 Å². The Kier molecular flexibility index (Phi) is 4.48. The molecule has 0 spiro atoms. The minimum absolute atomic E-state index is 0.122. The van der Waals surface area contributed by atoms with Crippen LogP contribution in [-0.2, 0) is 10.2 Å². The number of hydrogen-bond donors (Lipinski definition) is 2. The van der Waals surface area contributed by atoms with E-state index in [0.29, 0.717) is 6.04 Å². The first-order chi connectivity index (χ1) is 10.6. The molecule has 2 aliphatic rings. The van der Waals surface area contributed by atoms with Gasteiger partial charge in [-0.25, -0.2) is 4.39 Å². The van der Waals surface area contributed by atoms with Gasteiger partial charge in [0, 0.05) is 12.1 Å². The Morgan fingerprint density at radius 1 is 1.23 bits per heavy atom. The van der Waals surface area contributed by atoms with Crippen molar-refractivity contribution in [3.8, 4) is 0 Å². The summed E-state index contributed by atoms with van der Waals surface area (Å²) in [6.07, 6.45) is 5.96. The quantitative estimate of drug-likeness (QED) is 0.901. The molecule has 3 nitrogen and oxygen atoms in total. The van der Waals surface area contributed by atoms with E-state index < -0.39 is 5.41 Å². The maximum atomic E-state index is 13.2. The molecule has 1 aliphatic heterocycles. The summed E-state index contributed by atoms with van der Waals surface area (Å²) in [7, 11) is 0. The van der Waals surface area contributed by atoms with Crippen LogP contribution in [0.3, 0.4) is 0 Å². The summed E-state index contributed by atoms with van der Waals surface area (Å²) < 4.78 is 13.2. The highest BCUT2D eigenvalue weighted by molar-refractivity contribution is 5.88. The summed E-state index contributed by atoms with van der Waals surface area (Å²) in [6, 6.07) is 7.00. The van der Waals surface area contributed by atoms with Crippen molar-refractivity contribution >= 4 is 5.91 Å². The molecule has 1 saturated heterocycles. The number of amides is 1. The van der Waals surface area contributed by atoms with Crippen molar-refractivity contribution in [3.63, 3.8) is 0 Å². The predicted molar refractivity (Wildman–Crippen MR) is 85.2 cm³/mol. The van der Waals surface area contributed by atoms with Crippen LogP contribution in [-0.4, -0.2) is 24.5 Å². The van der Waals surface area contributed by atoms with Gasteiger partial charge in [0.2, 0.25) is 5.91 Å². The molecule has 2 unspecified atom stereocenters. The SMILES string of the molecule is CC1NCCCC1NC(=O)C1(c2ccc(F)cc2)CCCC1. The van der Waals surface area contributed by atoms with E-state index in [4.69, 9.17) is 0 Å². The summed E-state index contributed by atoms with van der Waals surface area (Å²) in [4.78, 5) is 13.0. The van der Waals surface area contributed by atoms with Crippen LogP contribution >= 0.6 is 0 Å². The number of benzene rings is 1. The second-order valence-electron chi connectivity index (χ2n) is 6.76. The Hall–Kier alpha value is -1.42. The van der Waals surface area contributed by atoms with Crippen LogP contribution in [0.5, 0.6) is 0 Å². The van der Waals surface area contributed by atoms with Crippen molar-refractivity contribution in [2.45, 2.75) is 62.9 Å². The molecule has 0 aromatic heterocycles. The lowest BCUT2D eigenvalue weighted by atomic mass is 9.77. The van der Waals surface area contributed by atoms with Gasteiger partial charge in [0.15, 0.2) is 0 Å². The Bertz CT molecular complexity index is 522. The molecule has 1 aliphatic carbocycles. The van der Waals surface area contributed by atoms with Crippen LogP contribution in [0.2, 0.25) is 0 Å². The highest BCUT2D eigenvalue weighted by Crippen LogP contribution is 2.41. The summed E-state index contributed by atoms with van der Waals surface area (Å²) in [6.45, 7) is 3.15. The van der Waals surface area contributed by atoms with Crippen LogP contribution in [0.4, 0.5) is 4.39 Å². The molecule has 4 heteroatoms. The van der Waals surface area contributed by atoms with Crippen molar-refractivity contribution in [3.05, 3.63) is 35.6 Å². The molecule has 2 fully saturated rings. The first-order valence-electron chi connectivity index (χ1n) is 8.42. The number of carbonyl (C=O) groups is 1. The van der Waals surface area contributed by atoms with Gasteiger partial charge < -0.3 is 10.6 Å². The topological polar surface area (TPSA) is 41.1 Å². The van der Waals surface area contributed by atoms with E-state index in [9.17, 15) is 9.18 Å². The highest BCUT2D eigenvalue weighted by atomic mass is 19.1. The first-order valence-corrected chi connectivity index (χ1v) is 8.42. The van der Waals surface area contributed by atoms with Gasteiger partial charge in [0.25, 0.3) is 0 Å². The maximum absolute atomic E-state index is 13.2. The van der Waals surface area contributed by atoms with Crippen molar-refractivity contribution in [2.24, 2.45) is 0 Å². The number of halogens is 1. The van der Waals surface area contributed by atoms with E-state index in [-0.39, 0.29) is 17.8 Å². The normalized spacial score (nSPS) is 27.5. The zero-order chi connectivity index (χ0) is 15.6. The van der Waals surface area contributed by atoms with Gasteiger partial charge in [-0.2, -0.15) is 0 Å². The Morgan fingerprint density at radius 2 is 1.91 bits per heavy atom. The molecule has 120 valence electrons. The Morgan fingerprint density at radius 3 is 2.55 bits per heavy atom. The van der Waals surface area contributed by atoms with E-state index in [1.165, 1.54) is 12.1 Å². The molecule has 1 amide bonds. The molecule has 0 bridgehead atoms. The molecule has 2 atom stereocenters. The second-order valence-corrected chi connectivity index (χ2v) is 6.76. The molecule has 1 heterocycles. The fourth-order valence-corrected chi connectivity index (χ4v) is 3.94.